The second kappa shape index (κ2) is 6.09. The Balaban J connectivity index is 1.55. The van der Waals surface area contributed by atoms with Gasteiger partial charge in [-0.25, -0.2) is 13.4 Å². The first kappa shape index (κ1) is 16.2. The molecule has 3 heterocycles. The highest BCUT2D eigenvalue weighted by Gasteiger charge is 2.50. The number of sulfone groups is 1. The molecule has 2 aliphatic heterocycles. The maximum absolute atomic E-state index is 11.9. The topological polar surface area (TPSA) is 85.8 Å². The van der Waals surface area contributed by atoms with Gasteiger partial charge in [-0.15, -0.1) is 0 Å². The summed E-state index contributed by atoms with van der Waals surface area (Å²) < 4.78 is 34.1. The molecule has 8 heteroatoms. The molecule has 1 atom stereocenters. The molecular weight excluding hydrogens is 320 g/mol. The van der Waals surface area contributed by atoms with Gasteiger partial charge in [-0.1, -0.05) is 6.07 Å². The van der Waals surface area contributed by atoms with E-state index >= 15 is 0 Å². The maximum Gasteiger partial charge on any atom is 0.237 e. The van der Waals surface area contributed by atoms with E-state index in [0.717, 1.165) is 12.7 Å². The first-order chi connectivity index (χ1) is 10.9. The van der Waals surface area contributed by atoms with E-state index < -0.39 is 21.2 Å². The number of carbonyl (C=O) groups excluding carboxylic acids is 1. The Labute approximate surface area is 135 Å². The van der Waals surface area contributed by atoms with Crippen LogP contribution in [0.4, 0.5) is 0 Å². The summed E-state index contributed by atoms with van der Waals surface area (Å²) in [5, 5.41) is 0. The number of hydrogen-bond donors (Lipinski definition) is 0. The summed E-state index contributed by atoms with van der Waals surface area (Å²) in [7, 11) is -3.30. The molecule has 0 unspecified atom stereocenters. The lowest BCUT2D eigenvalue weighted by Gasteiger charge is -2.52. The Bertz CT molecular complexity index is 670. The molecule has 3 rings (SSSR count). The molecule has 1 spiro atoms. The molecule has 2 saturated heterocycles. The molecule has 7 nitrogen and oxygen atoms in total. The standard InChI is InChI=1S/C15H20N2O5S/c1-23(19,20)9-14(18)17-10-15(11-17)8-12(5-7-21-15)22-13-4-2-3-6-16-13/h2-4,6,12H,5,7-11H2,1H3/t12-/m1/s1. The predicted octanol–water partition coefficient (Wildman–Crippen LogP) is 0.265. The molecule has 0 aliphatic carbocycles. The lowest BCUT2D eigenvalue weighted by molar-refractivity contribution is -0.191. The summed E-state index contributed by atoms with van der Waals surface area (Å²) in [6, 6.07) is 5.51. The normalized spacial score (nSPS) is 23.3. The van der Waals surface area contributed by atoms with E-state index in [0.29, 0.717) is 32.0 Å². The largest absolute Gasteiger partial charge is 0.474 e. The Morgan fingerprint density at radius 1 is 1.48 bits per heavy atom. The van der Waals surface area contributed by atoms with Crippen LogP contribution in [0, 0.1) is 0 Å². The molecule has 1 aromatic heterocycles. The number of rotatable bonds is 4. The average molecular weight is 340 g/mol. The van der Waals surface area contributed by atoms with Gasteiger partial charge < -0.3 is 14.4 Å². The van der Waals surface area contributed by atoms with Crippen LogP contribution in [0.3, 0.4) is 0 Å². The van der Waals surface area contributed by atoms with Crippen LogP contribution < -0.4 is 4.74 Å². The molecule has 0 N–H and O–H groups in total. The number of hydrogen-bond acceptors (Lipinski definition) is 6. The fourth-order valence-corrected chi connectivity index (χ4v) is 3.66. The van der Waals surface area contributed by atoms with E-state index in [-0.39, 0.29) is 12.0 Å². The van der Waals surface area contributed by atoms with Gasteiger partial charge in [-0.3, -0.25) is 4.79 Å². The third-order valence-corrected chi connectivity index (χ3v) is 4.84. The summed E-state index contributed by atoms with van der Waals surface area (Å²) in [6.45, 7) is 1.40. The average Bonchev–Trinajstić information content (AvgIpc) is 2.44. The first-order valence-corrected chi connectivity index (χ1v) is 9.58. The van der Waals surface area contributed by atoms with Crippen LogP contribution in [-0.4, -0.2) is 67.6 Å². The first-order valence-electron chi connectivity index (χ1n) is 7.52. The van der Waals surface area contributed by atoms with Crippen LogP contribution in [0.1, 0.15) is 12.8 Å². The Morgan fingerprint density at radius 2 is 2.26 bits per heavy atom. The fourth-order valence-electron chi connectivity index (χ4n) is 3.03. The molecule has 0 radical (unpaired) electrons. The second-order valence-electron chi connectivity index (χ2n) is 6.25. The lowest BCUT2D eigenvalue weighted by atomic mass is 9.84. The van der Waals surface area contributed by atoms with Gasteiger partial charge in [0.2, 0.25) is 11.8 Å². The van der Waals surface area contributed by atoms with Crippen LogP contribution in [0.2, 0.25) is 0 Å². The molecule has 0 bridgehead atoms. The Kier molecular flexibility index (Phi) is 4.29. The Morgan fingerprint density at radius 3 is 2.91 bits per heavy atom. The van der Waals surface area contributed by atoms with Crippen LogP contribution in [0.15, 0.2) is 24.4 Å². The number of pyridine rings is 1. The maximum atomic E-state index is 11.9. The zero-order chi connectivity index (χ0) is 16.5. The van der Waals surface area contributed by atoms with E-state index in [1.165, 1.54) is 4.90 Å². The van der Waals surface area contributed by atoms with Gasteiger partial charge >= 0.3 is 0 Å². The van der Waals surface area contributed by atoms with Crippen molar-refractivity contribution in [1.82, 2.24) is 9.88 Å². The number of ether oxygens (including phenoxy) is 2. The summed E-state index contributed by atoms with van der Waals surface area (Å²) in [6.07, 6.45) is 4.18. The molecule has 23 heavy (non-hydrogen) atoms. The smallest absolute Gasteiger partial charge is 0.237 e. The molecule has 0 aromatic carbocycles. The molecule has 0 saturated carbocycles. The summed E-state index contributed by atoms with van der Waals surface area (Å²) in [4.78, 5) is 17.6. The minimum absolute atomic E-state index is 0.00851. The number of nitrogens with zero attached hydrogens (tertiary/aromatic N) is 2. The highest BCUT2D eigenvalue weighted by atomic mass is 32.2. The lowest BCUT2D eigenvalue weighted by Crippen LogP contribution is -2.68. The minimum atomic E-state index is -3.30. The molecule has 126 valence electrons. The molecule has 1 aromatic rings. The van der Waals surface area contributed by atoms with Crippen LogP contribution >= 0.6 is 0 Å². The van der Waals surface area contributed by atoms with E-state index in [2.05, 4.69) is 4.98 Å². The quantitative estimate of drug-likeness (QED) is 0.782. The third kappa shape index (κ3) is 4.00. The summed E-state index contributed by atoms with van der Waals surface area (Å²) >= 11 is 0. The van der Waals surface area contributed by atoms with Crippen molar-refractivity contribution in [3.8, 4) is 5.88 Å². The highest BCUT2D eigenvalue weighted by molar-refractivity contribution is 7.91. The monoisotopic (exact) mass is 340 g/mol. The predicted molar refractivity (Wildman–Crippen MR) is 82.9 cm³/mol. The Hall–Kier alpha value is -1.67. The van der Waals surface area contributed by atoms with Gasteiger partial charge in [0.25, 0.3) is 0 Å². The van der Waals surface area contributed by atoms with Crippen LogP contribution in [0.5, 0.6) is 5.88 Å². The number of likely N-dealkylation sites (tertiary alicyclic amines) is 1. The van der Waals surface area contributed by atoms with Gasteiger partial charge in [0.1, 0.15) is 17.5 Å². The van der Waals surface area contributed by atoms with Crippen molar-refractivity contribution < 1.29 is 22.7 Å². The van der Waals surface area contributed by atoms with Crippen molar-refractivity contribution in [2.75, 3.05) is 31.7 Å². The van der Waals surface area contributed by atoms with Crippen molar-refractivity contribution in [3.63, 3.8) is 0 Å². The van der Waals surface area contributed by atoms with Crippen molar-refractivity contribution in [2.24, 2.45) is 0 Å². The van der Waals surface area contributed by atoms with Gasteiger partial charge in [0.15, 0.2) is 9.84 Å². The van der Waals surface area contributed by atoms with Crippen LogP contribution in [0.25, 0.3) is 0 Å². The van der Waals surface area contributed by atoms with Crippen molar-refractivity contribution >= 4 is 15.7 Å². The summed E-state index contributed by atoms with van der Waals surface area (Å²) in [5.74, 6) is -0.231. The van der Waals surface area contributed by atoms with Gasteiger partial charge in [0.05, 0.1) is 19.7 Å². The third-order valence-electron chi connectivity index (χ3n) is 4.07. The van der Waals surface area contributed by atoms with Crippen molar-refractivity contribution in [2.45, 2.75) is 24.5 Å². The van der Waals surface area contributed by atoms with Gasteiger partial charge in [-0.2, -0.15) is 0 Å². The fraction of sp³-hybridized carbons (Fsp3) is 0.600. The van der Waals surface area contributed by atoms with Gasteiger partial charge in [-0.05, 0) is 6.07 Å². The zero-order valence-corrected chi connectivity index (χ0v) is 13.8. The summed E-state index contributed by atoms with van der Waals surface area (Å²) in [5.41, 5.74) is -0.412. The van der Waals surface area contributed by atoms with E-state index in [1.807, 2.05) is 18.2 Å². The SMILES string of the molecule is CS(=O)(=O)CC(=O)N1CC2(C[C@H](Oc3ccccn3)CCO2)C1. The molecular formula is C15H20N2O5S. The van der Waals surface area contributed by atoms with Crippen molar-refractivity contribution in [1.29, 1.82) is 0 Å². The number of aromatic nitrogens is 1. The number of carbonyl (C=O) groups is 1. The molecule has 2 aliphatic rings. The molecule has 2 fully saturated rings. The number of amides is 1. The van der Waals surface area contributed by atoms with Crippen LogP contribution in [-0.2, 0) is 19.4 Å². The second-order valence-corrected chi connectivity index (χ2v) is 8.39. The minimum Gasteiger partial charge on any atom is -0.474 e. The molecule has 1 amide bonds. The van der Waals surface area contributed by atoms with E-state index in [4.69, 9.17) is 9.47 Å². The zero-order valence-electron chi connectivity index (χ0n) is 13.0. The highest BCUT2D eigenvalue weighted by Crippen LogP contribution is 2.35. The van der Waals surface area contributed by atoms with Crippen molar-refractivity contribution in [3.05, 3.63) is 24.4 Å². The van der Waals surface area contributed by atoms with Gasteiger partial charge in [0, 0.05) is 31.4 Å². The van der Waals surface area contributed by atoms with E-state index in [9.17, 15) is 13.2 Å². The van der Waals surface area contributed by atoms with E-state index in [1.54, 1.807) is 6.20 Å².